The number of nitrogens with zero attached hydrogens (tertiary/aromatic N) is 2. The molecule has 0 spiro atoms. The summed E-state index contributed by atoms with van der Waals surface area (Å²) in [6.45, 7) is 13.1. The highest BCUT2D eigenvalue weighted by atomic mass is 16.6. The van der Waals surface area contributed by atoms with Crippen LogP contribution in [0.25, 0.3) is 0 Å². The van der Waals surface area contributed by atoms with Gasteiger partial charge in [0.2, 0.25) is 18.7 Å². The second-order valence-electron chi connectivity index (χ2n) is 8.58. The van der Waals surface area contributed by atoms with E-state index in [1.807, 2.05) is 25.1 Å². The van der Waals surface area contributed by atoms with Crippen LogP contribution in [0.2, 0.25) is 0 Å². The molecule has 1 rings (SSSR count). The van der Waals surface area contributed by atoms with Crippen LogP contribution in [0.15, 0.2) is 66.9 Å². The Morgan fingerprint density at radius 1 is 1.29 bits per heavy atom. The van der Waals surface area contributed by atoms with Crippen molar-refractivity contribution in [3.8, 4) is 0 Å². The highest BCUT2D eigenvalue weighted by Gasteiger charge is 2.28. The zero-order valence-electron chi connectivity index (χ0n) is 20.8. The van der Waals surface area contributed by atoms with Gasteiger partial charge < -0.3 is 15.2 Å². The molecule has 0 aliphatic rings. The average molecular weight is 488 g/mol. The van der Waals surface area contributed by atoms with E-state index in [0.717, 1.165) is 30.4 Å². The largest absolute Gasteiger partial charge is 0.351 e. The number of nitrogens with one attached hydrogen (secondary N) is 1. The maximum Gasteiger partial charge on any atom is 0.244 e. The third-order valence-electron chi connectivity index (χ3n) is 5.32. The van der Waals surface area contributed by atoms with Crippen molar-refractivity contribution in [1.29, 1.82) is 0 Å². The summed E-state index contributed by atoms with van der Waals surface area (Å²) in [4.78, 5) is 20.9. The molecular weight excluding hydrogens is 450 g/mol. The van der Waals surface area contributed by atoms with Crippen molar-refractivity contribution < 1.29 is 19.7 Å². The van der Waals surface area contributed by atoms with Crippen LogP contribution < -0.4 is 5.32 Å². The van der Waals surface area contributed by atoms with Gasteiger partial charge in [-0.1, -0.05) is 44.7 Å². The van der Waals surface area contributed by atoms with Gasteiger partial charge in [0.1, 0.15) is 0 Å². The Balaban J connectivity index is 2.65. The van der Waals surface area contributed by atoms with Gasteiger partial charge in [-0.25, -0.2) is 0 Å². The van der Waals surface area contributed by atoms with Gasteiger partial charge in [-0.15, -0.1) is 6.58 Å². The molecule has 1 aromatic carbocycles. The number of aliphatic hydroxyl groups excluding tert-OH is 1. The minimum Gasteiger partial charge on any atom is -0.351 e. The van der Waals surface area contributed by atoms with E-state index < -0.39 is 22.3 Å². The molecule has 3 unspecified atom stereocenters. The number of benzene rings is 1. The molecule has 9 heteroatoms. The second kappa shape index (κ2) is 15.6. The maximum absolute atomic E-state index is 11.4. The fourth-order valence-electron chi connectivity index (χ4n) is 3.61. The Bertz CT molecular complexity index is 941. The van der Waals surface area contributed by atoms with Crippen LogP contribution in [0.4, 0.5) is 5.69 Å². The molecule has 0 bridgehead atoms. The first-order valence-electron chi connectivity index (χ1n) is 11.6. The Labute approximate surface area is 207 Å². The van der Waals surface area contributed by atoms with Crippen LogP contribution in [0.3, 0.4) is 0 Å². The van der Waals surface area contributed by atoms with Crippen molar-refractivity contribution in [2.45, 2.75) is 65.3 Å². The molecule has 0 radical (unpaired) electrons. The van der Waals surface area contributed by atoms with Gasteiger partial charge >= 0.3 is 0 Å². The van der Waals surface area contributed by atoms with E-state index in [9.17, 15) is 25.3 Å². The molecule has 0 aliphatic heterocycles. The van der Waals surface area contributed by atoms with E-state index in [4.69, 9.17) is 4.74 Å². The van der Waals surface area contributed by atoms with E-state index in [1.54, 1.807) is 6.92 Å². The lowest BCUT2D eigenvalue weighted by atomic mass is 9.99. The quantitative estimate of drug-likeness (QED) is 0.127. The van der Waals surface area contributed by atoms with Crippen LogP contribution in [0.5, 0.6) is 0 Å². The summed E-state index contributed by atoms with van der Waals surface area (Å²) in [6.07, 6.45) is 8.31. The number of ether oxygens (including phenoxy) is 1. The van der Waals surface area contributed by atoms with Crippen molar-refractivity contribution in [2.75, 3.05) is 11.9 Å². The van der Waals surface area contributed by atoms with E-state index in [1.165, 1.54) is 0 Å². The number of allylic oxidation sites excluding steroid dienone is 3. The van der Waals surface area contributed by atoms with Crippen LogP contribution in [0, 0.1) is 33.1 Å². The zero-order chi connectivity index (χ0) is 26.4. The molecule has 192 valence electrons. The number of hydrogen-bond acceptors (Lipinski definition) is 7. The summed E-state index contributed by atoms with van der Waals surface area (Å²) in [7, 11) is 0. The zero-order valence-corrected chi connectivity index (χ0v) is 20.8. The van der Waals surface area contributed by atoms with Crippen LogP contribution in [-0.4, -0.2) is 34.0 Å². The number of aryl methyl sites for hydroxylation is 2. The molecular formula is C26H37N3O6. The van der Waals surface area contributed by atoms with Gasteiger partial charge in [0, 0.05) is 17.0 Å². The normalized spacial score (nSPS) is 14.3. The summed E-state index contributed by atoms with van der Waals surface area (Å²) < 4.78 is 5.36. The Hall–Kier alpha value is -3.30. The third kappa shape index (κ3) is 12.1. The summed E-state index contributed by atoms with van der Waals surface area (Å²) in [5, 5.41) is 35.3. The van der Waals surface area contributed by atoms with Gasteiger partial charge in [-0.2, -0.15) is 0 Å². The number of aliphatic hydroxyl groups is 1. The second-order valence-corrected chi connectivity index (χ2v) is 8.58. The minimum atomic E-state index is -1.35. The van der Waals surface area contributed by atoms with E-state index in [0.29, 0.717) is 23.4 Å². The summed E-state index contributed by atoms with van der Waals surface area (Å²) >= 11 is 0. The molecule has 2 N–H and O–H groups in total. The molecule has 0 saturated heterocycles. The molecule has 1 aromatic rings. The van der Waals surface area contributed by atoms with Gasteiger partial charge in [0.25, 0.3) is 0 Å². The Morgan fingerprint density at radius 3 is 2.60 bits per heavy atom. The van der Waals surface area contributed by atoms with Crippen LogP contribution >= 0.6 is 0 Å². The fourth-order valence-corrected chi connectivity index (χ4v) is 3.61. The Morgan fingerprint density at radius 2 is 2.00 bits per heavy atom. The lowest BCUT2D eigenvalue weighted by Gasteiger charge is -2.18. The van der Waals surface area contributed by atoms with Crippen LogP contribution in [-0.2, 0) is 11.2 Å². The van der Waals surface area contributed by atoms with Crippen molar-refractivity contribution in [3.05, 3.63) is 98.3 Å². The molecule has 0 aromatic heterocycles. The van der Waals surface area contributed by atoms with Crippen LogP contribution in [0.1, 0.15) is 50.7 Å². The lowest BCUT2D eigenvalue weighted by Crippen LogP contribution is -2.26. The number of hydrogen-bond donors (Lipinski definition) is 2. The molecule has 0 heterocycles. The first kappa shape index (κ1) is 29.7. The minimum absolute atomic E-state index is 0.0946. The molecule has 3 atom stereocenters. The summed E-state index contributed by atoms with van der Waals surface area (Å²) in [6, 6.07) is 4.64. The molecule has 0 aliphatic carbocycles. The molecule has 0 amide bonds. The maximum atomic E-state index is 11.4. The topological polar surface area (TPSA) is 128 Å². The van der Waals surface area contributed by atoms with Gasteiger partial charge in [-0.05, 0) is 67.4 Å². The predicted molar refractivity (Wildman–Crippen MR) is 138 cm³/mol. The first-order chi connectivity index (χ1) is 16.5. The van der Waals surface area contributed by atoms with E-state index >= 15 is 0 Å². The standard InChI is InChI=1S/C26H37N3O6/c1-6-10-19(3)11-8-9-12-22-13-20(4)14-24(16-22)27-26(30)35-18-21(5)15-25(29(33)34)23(7-2)17-28(31)32/h6,8,11,13-14,16-17,19,25-27,30H,1,5,7,9-10,12,15,18H2,2-4H3/b11-8+,23-17+. The van der Waals surface area contributed by atoms with E-state index in [2.05, 4.69) is 43.6 Å². The lowest BCUT2D eigenvalue weighted by molar-refractivity contribution is -0.514. The van der Waals surface area contributed by atoms with Gasteiger partial charge in [0.05, 0.1) is 17.1 Å². The number of nitro groups is 2. The summed E-state index contributed by atoms with van der Waals surface area (Å²) in [5.74, 6) is 0.461. The molecule has 9 nitrogen and oxygen atoms in total. The number of anilines is 1. The third-order valence-corrected chi connectivity index (χ3v) is 5.32. The smallest absolute Gasteiger partial charge is 0.244 e. The molecule has 0 fully saturated rings. The predicted octanol–water partition coefficient (Wildman–Crippen LogP) is 5.56. The van der Waals surface area contributed by atoms with Crippen molar-refractivity contribution in [2.24, 2.45) is 5.92 Å². The van der Waals surface area contributed by atoms with Crippen molar-refractivity contribution in [3.63, 3.8) is 0 Å². The molecule has 35 heavy (non-hydrogen) atoms. The highest BCUT2D eigenvalue weighted by molar-refractivity contribution is 5.48. The molecule has 0 saturated carbocycles. The van der Waals surface area contributed by atoms with Crippen molar-refractivity contribution in [1.82, 2.24) is 0 Å². The average Bonchev–Trinajstić information content (AvgIpc) is 2.77. The Kier molecular flexibility index (Phi) is 13.2. The summed E-state index contributed by atoms with van der Waals surface area (Å²) in [5.41, 5.74) is 3.27. The van der Waals surface area contributed by atoms with Gasteiger partial charge in [0.15, 0.2) is 0 Å². The number of rotatable bonds is 17. The highest BCUT2D eigenvalue weighted by Crippen LogP contribution is 2.20. The fraction of sp³-hybridized carbons (Fsp3) is 0.462. The van der Waals surface area contributed by atoms with Crippen molar-refractivity contribution >= 4 is 5.69 Å². The van der Waals surface area contributed by atoms with Gasteiger partial charge in [-0.3, -0.25) is 20.2 Å². The van der Waals surface area contributed by atoms with E-state index in [-0.39, 0.29) is 25.0 Å². The first-order valence-corrected chi connectivity index (χ1v) is 11.6. The SMILES string of the molecule is C=CCC(C)/C=C/CCc1cc(C)cc(NC(O)OCC(=C)CC(/C(=C/[N+](=O)[O-])CC)[N+](=O)[O-])c1. The monoisotopic (exact) mass is 487 g/mol.